The maximum atomic E-state index is 7.71. The quantitative estimate of drug-likeness (QED) is 0.477. The predicted octanol–water partition coefficient (Wildman–Crippen LogP) is -1.71. The first kappa shape index (κ1) is 11.5. The fraction of sp³-hybridized carbons (Fsp3) is 1.00. The van der Waals surface area contributed by atoms with Gasteiger partial charge in [-0.25, -0.2) is 0 Å². The van der Waals surface area contributed by atoms with Crippen LogP contribution in [0.1, 0.15) is 0 Å². The number of nitrogens with one attached hydrogen (secondary N) is 1. The molecule has 82 valence electrons. The Hall–Kier alpha value is -0.0301. The topological polar surface area (TPSA) is 21.8 Å². The molecule has 0 unspecified atom stereocenters. The maximum absolute atomic E-state index is 7.71. The van der Waals surface area contributed by atoms with Crippen molar-refractivity contribution in [2.75, 3.05) is 59.4 Å². The van der Waals surface area contributed by atoms with Crippen molar-refractivity contribution in [3.05, 3.63) is 0 Å². The summed E-state index contributed by atoms with van der Waals surface area (Å²) in [7, 11) is 13.7. The van der Waals surface area contributed by atoms with Gasteiger partial charge in [-0.3, -0.25) is 0 Å². The molecule has 4 radical (unpaired) electrons. The van der Waals surface area contributed by atoms with Crippen LogP contribution in [-0.2, 0) is 0 Å². The van der Waals surface area contributed by atoms with Gasteiger partial charge in [0.2, 0.25) is 0 Å². The molecule has 0 aliphatic carbocycles. The van der Waals surface area contributed by atoms with Gasteiger partial charge in [0.15, 0.2) is 16.0 Å². The molecule has 1 aliphatic rings. The van der Waals surface area contributed by atoms with Crippen molar-refractivity contribution in [2.45, 2.75) is 0 Å². The highest BCUT2D eigenvalue weighted by molar-refractivity contribution is 6.05. The molecule has 1 rings (SSSR count). The van der Waals surface area contributed by atoms with Gasteiger partial charge in [-0.1, -0.05) is 0 Å². The number of hydrogen-bond acceptors (Lipinski definition) is 4. The van der Waals surface area contributed by atoms with Crippen LogP contribution in [0.4, 0.5) is 0 Å². The normalized spacial score (nSPS) is 27.9. The van der Waals surface area contributed by atoms with Crippen LogP contribution >= 0.6 is 0 Å². The van der Waals surface area contributed by atoms with E-state index in [-0.39, 0.29) is 0 Å². The Balaban J connectivity index is 2.39. The zero-order chi connectivity index (χ0) is 12.0. The van der Waals surface area contributed by atoms with Crippen LogP contribution < -0.4 is 5.31 Å². The first-order valence-corrected chi connectivity index (χ1v) is 5.49. The SMILES string of the molecule is [2H]N1CCN([B])CCN([B])CCN(C)CC1. The van der Waals surface area contributed by atoms with E-state index in [0.29, 0.717) is 13.1 Å². The summed E-state index contributed by atoms with van der Waals surface area (Å²) in [6.07, 6.45) is 0. The predicted molar refractivity (Wildman–Crippen MR) is 65.0 cm³/mol. The molecule has 1 aliphatic heterocycles. The van der Waals surface area contributed by atoms with Gasteiger partial charge in [-0.15, -0.1) is 0 Å². The molecule has 0 spiro atoms. The molecule has 0 saturated carbocycles. The highest BCUT2D eigenvalue weighted by Crippen LogP contribution is 1.89. The Morgan fingerprint density at radius 1 is 0.933 bits per heavy atom. The van der Waals surface area contributed by atoms with E-state index in [1.54, 1.807) is 14.9 Å². The van der Waals surface area contributed by atoms with Gasteiger partial charge in [0.05, 0.1) is 0 Å². The molecule has 1 heterocycles. The van der Waals surface area contributed by atoms with Crippen molar-refractivity contribution < 1.29 is 1.41 Å². The molecular weight excluding hydrogens is 186 g/mol. The minimum atomic E-state index is 0.676. The van der Waals surface area contributed by atoms with Gasteiger partial charge < -0.3 is 19.8 Å². The van der Waals surface area contributed by atoms with E-state index < -0.39 is 0 Å². The van der Waals surface area contributed by atoms with E-state index in [0.717, 1.165) is 39.3 Å². The molecule has 0 amide bonds. The highest BCUT2D eigenvalue weighted by atomic mass is 15.2. The lowest BCUT2D eigenvalue weighted by atomic mass is 10.2. The Bertz CT molecular complexity index is 142. The van der Waals surface area contributed by atoms with Gasteiger partial charge in [0.25, 0.3) is 0 Å². The van der Waals surface area contributed by atoms with E-state index in [1.165, 1.54) is 0 Å². The lowest BCUT2D eigenvalue weighted by Crippen LogP contribution is -2.42. The average Bonchev–Trinajstić information content (AvgIpc) is 2.27. The van der Waals surface area contributed by atoms with E-state index >= 15 is 0 Å². The first-order chi connectivity index (χ1) is 7.58. The molecule has 0 aromatic rings. The summed E-state index contributed by atoms with van der Waals surface area (Å²) in [6.45, 7) is 6.29. The minimum Gasteiger partial charge on any atom is -0.351 e. The zero-order valence-corrected chi connectivity index (χ0v) is 9.60. The van der Waals surface area contributed by atoms with Crippen molar-refractivity contribution in [3.63, 3.8) is 0 Å². The molecule has 0 aromatic carbocycles. The van der Waals surface area contributed by atoms with E-state index in [4.69, 9.17) is 17.4 Å². The van der Waals surface area contributed by atoms with Crippen LogP contribution in [0.3, 0.4) is 0 Å². The maximum Gasteiger partial charge on any atom is 0.182 e. The minimum absolute atomic E-state index is 0.676. The second-order valence-electron chi connectivity index (χ2n) is 4.05. The number of rotatable bonds is 0. The fourth-order valence-corrected chi connectivity index (χ4v) is 1.44. The molecule has 1 fully saturated rings. The van der Waals surface area contributed by atoms with Gasteiger partial charge in [0, 0.05) is 26.2 Å². The summed E-state index contributed by atoms with van der Waals surface area (Å²) >= 11 is 0. The van der Waals surface area contributed by atoms with Crippen LogP contribution in [-0.4, -0.2) is 89.9 Å². The summed E-state index contributed by atoms with van der Waals surface area (Å²) in [4.78, 5) is 5.73. The Kier molecular flexibility index (Phi) is 5.56. The summed E-state index contributed by atoms with van der Waals surface area (Å²) < 4.78 is 7.71. The summed E-state index contributed by atoms with van der Waals surface area (Å²) in [5.41, 5.74) is 0. The summed E-state index contributed by atoms with van der Waals surface area (Å²) in [5, 5.41) is 1.57. The third kappa shape index (κ3) is 6.20. The zero-order valence-electron chi connectivity index (χ0n) is 10.6. The highest BCUT2D eigenvalue weighted by Gasteiger charge is 2.05. The van der Waals surface area contributed by atoms with Crippen LogP contribution in [0.25, 0.3) is 0 Å². The molecule has 0 atom stereocenters. The smallest absolute Gasteiger partial charge is 0.182 e. The second-order valence-corrected chi connectivity index (χ2v) is 4.05. The van der Waals surface area contributed by atoms with Crippen molar-refractivity contribution >= 4 is 16.0 Å². The largest absolute Gasteiger partial charge is 0.351 e. The fourth-order valence-electron chi connectivity index (χ4n) is 1.44. The second kappa shape index (κ2) is 7.28. The Morgan fingerprint density at radius 3 is 2.20 bits per heavy atom. The molecule has 6 heteroatoms. The Morgan fingerprint density at radius 2 is 1.47 bits per heavy atom. The lowest BCUT2D eigenvalue weighted by Gasteiger charge is -2.26. The number of nitrogens with zero attached hydrogens (tertiary/aromatic N) is 3. The van der Waals surface area contributed by atoms with Crippen LogP contribution in [0, 0.1) is 0 Å². The molecule has 15 heavy (non-hydrogen) atoms. The van der Waals surface area contributed by atoms with Crippen molar-refractivity contribution in [1.82, 2.24) is 19.8 Å². The molecule has 0 bridgehead atoms. The van der Waals surface area contributed by atoms with E-state index in [1.807, 2.05) is 0 Å². The Labute approximate surface area is 97.3 Å². The third-order valence-corrected chi connectivity index (χ3v) is 2.63. The standard InChI is InChI=1S/C9H20B2N4/c1-13-4-2-12-3-5-14(10)8-9-15(11)7-6-13/h12H,2-9H2,1H3/i/hD. The van der Waals surface area contributed by atoms with E-state index in [9.17, 15) is 0 Å². The molecule has 1 N–H and O–H groups in total. The molecular formula is C9H20B2N4. The molecule has 4 nitrogen and oxygen atoms in total. The van der Waals surface area contributed by atoms with E-state index in [2.05, 4.69) is 11.9 Å². The summed E-state index contributed by atoms with van der Waals surface area (Å²) in [6, 6.07) is 0. The van der Waals surface area contributed by atoms with Crippen molar-refractivity contribution in [1.29, 1.82) is 0 Å². The average molecular weight is 207 g/mol. The van der Waals surface area contributed by atoms with Crippen LogP contribution in [0.5, 0.6) is 0 Å². The molecule has 0 aromatic heterocycles. The van der Waals surface area contributed by atoms with Gasteiger partial charge in [-0.05, 0) is 33.2 Å². The van der Waals surface area contributed by atoms with Crippen LogP contribution in [0.2, 0.25) is 1.41 Å². The van der Waals surface area contributed by atoms with Crippen molar-refractivity contribution in [2.24, 2.45) is 0 Å². The van der Waals surface area contributed by atoms with Crippen LogP contribution in [0.15, 0.2) is 0 Å². The number of hydrogen-bond donors (Lipinski definition) is 1. The monoisotopic (exact) mass is 207 g/mol. The lowest BCUT2D eigenvalue weighted by molar-refractivity contribution is 0.277. The third-order valence-electron chi connectivity index (χ3n) is 2.63. The van der Waals surface area contributed by atoms with Crippen molar-refractivity contribution in [3.8, 4) is 0 Å². The first-order valence-electron chi connectivity index (χ1n) is 5.94. The molecule has 1 saturated heterocycles. The van der Waals surface area contributed by atoms with Gasteiger partial charge in [0.1, 0.15) is 1.41 Å². The summed E-state index contributed by atoms with van der Waals surface area (Å²) in [5.74, 6) is 0. The number of likely N-dealkylation sites (N-methyl/N-ethyl adjacent to an activating group) is 1. The van der Waals surface area contributed by atoms with Gasteiger partial charge >= 0.3 is 0 Å². The van der Waals surface area contributed by atoms with Gasteiger partial charge in [-0.2, -0.15) is 0 Å².